The Bertz CT molecular complexity index is 186. The molecule has 0 aromatic heterocycles. The lowest BCUT2D eigenvalue weighted by Gasteiger charge is -2.11. The van der Waals surface area contributed by atoms with Gasteiger partial charge in [-0.1, -0.05) is 39.0 Å². The van der Waals surface area contributed by atoms with Crippen molar-refractivity contribution in [1.82, 2.24) is 5.32 Å². The van der Waals surface area contributed by atoms with Gasteiger partial charge in [-0.3, -0.25) is 4.79 Å². The van der Waals surface area contributed by atoms with Crippen molar-refractivity contribution in [2.75, 3.05) is 13.1 Å². The van der Waals surface area contributed by atoms with E-state index in [-0.39, 0.29) is 12.0 Å². The highest BCUT2D eigenvalue weighted by atomic mass is 16.3. The van der Waals surface area contributed by atoms with Crippen LogP contribution in [0.25, 0.3) is 0 Å². The SMILES string of the molecule is CCCCCCCC(O)CNC(=O)CCC[NH3+]. The average molecular weight is 245 g/mol. The van der Waals surface area contributed by atoms with Crippen molar-refractivity contribution >= 4 is 5.91 Å². The first-order valence-corrected chi connectivity index (χ1v) is 6.94. The number of carbonyl (C=O) groups is 1. The zero-order valence-electron chi connectivity index (χ0n) is 11.2. The van der Waals surface area contributed by atoms with Crippen molar-refractivity contribution < 1.29 is 15.6 Å². The summed E-state index contributed by atoms with van der Waals surface area (Å²) in [5.41, 5.74) is 3.69. The topological polar surface area (TPSA) is 77.0 Å². The van der Waals surface area contributed by atoms with Crippen molar-refractivity contribution in [2.24, 2.45) is 0 Å². The van der Waals surface area contributed by atoms with Gasteiger partial charge in [0.2, 0.25) is 5.91 Å². The fourth-order valence-corrected chi connectivity index (χ4v) is 1.69. The molecule has 0 aromatic carbocycles. The van der Waals surface area contributed by atoms with Crippen LogP contribution in [0.5, 0.6) is 0 Å². The number of hydrogen-bond donors (Lipinski definition) is 3. The fraction of sp³-hybridized carbons (Fsp3) is 0.923. The Morgan fingerprint density at radius 1 is 1.24 bits per heavy atom. The molecule has 0 aliphatic heterocycles. The molecule has 1 unspecified atom stereocenters. The molecule has 0 aliphatic rings. The molecule has 0 saturated carbocycles. The van der Waals surface area contributed by atoms with Crippen molar-refractivity contribution in [3.8, 4) is 0 Å². The number of aliphatic hydroxyl groups is 1. The summed E-state index contributed by atoms with van der Waals surface area (Å²) in [5.74, 6) is 0.0266. The number of amides is 1. The van der Waals surface area contributed by atoms with Crippen LogP contribution in [0.2, 0.25) is 0 Å². The molecular formula is C13H29N2O2+. The van der Waals surface area contributed by atoms with Gasteiger partial charge in [-0.25, -0.2) is 0 Å². The van der Waals surface area contributed by atoms with Gasteiger partial charge >= 0.3 is 0 Å². The summed E-state index contributed by atoms with van der Waals surface area (Å²) in [5, 5.41) is 12.4. The third-order valence-corrected chi connectivity index (χ3v) is 2.83. The van der Waals surface area contributed by atoms with Gasteiger partial charge in [-0.2, -0.15) is 0 Å². The molecule has 5 N–H and O–H groups in total. The van der Waals surface area contributed by atoms with Crippen LogP contribution in [0.4, 0.5) is 0 Å². The van der Waals surface area contributed by atoms with Crippen LogP contribution >= 0.6 is 0 Å². The minimum absolute atomic E-state index is 0.0266. The second-order valence-corrected chi connectivity index (χ2v) is 4.62. The molecule has 1 atom stereocenters. The smallest absolute Gasteiger partial charge is 0.220 e. The number of nitrogens with one attached hydrogen (secondary N) is 1. The first-order chi connectivity index (χ1) is 8.20. The number of carbonyl (C=O) groups excluding carboxylic acids is 1. The first-order valence-electron chi connectivity index (χ1n) is 6.94. The van der Waals surface area contributed by atoms with Crippen molar-refractivity contribution in [1.29, 1.82) is 0 Å². The largest absolute Gasteiger partial charge is 0.391 e. The van der Waals surface area contributed by atoms with Gasteiger partial charge in [0, 0.05) is 19.4 Å². The molecule has 0 rings (SSSR count). The van der Waals surface area contributed by atoms with Crippen LogP contribution in [0.15, 0.2) is 0 Å². The maximum absolute atomic E-state index is 11.3. The third kappa shape index (κ3) is 11.6. The third-order valence-electron chi connectivity index (χ3n) is 2.83. The Balaban J connectivity index is 3.33. The second-order valence-electron chi connectivity index (χ2n) is 4.62. The van der Waals surface area contributed by atoms with Gasteiger partial charge in [0.25, 0.3) is 0 Å². The van der Waals surface area contributed by atoms with Crippen molar-refractivity contribution in [3.63, 3.8) is 0 Å². The van der Waals surface area contributed by atoms with E-state index in [0.717, 1.165) is 25.8 Å². The molecule has 0 saturated heterocycles. The zero-order chi connectivity index (χ0) is 12.9. The van der Waals surface area contributed by atoms with E-state index in [0.29, 0.717) is 13.0 Å². The number of hydrogen-bond acceptors (Lipinski definition) is 2. The summed E-state index contributed by atoms with van der Waals surface area (Å²) in [4.78, 5) is 11.3. The van der Waals surface area contributed by atoms with Crippen LogP contribution in [-0.4, -0.2) is 30.2 Å². The van der Waals surface area contributed by atoms with E-state index in [9.17, 15) is 9.90 Å². The van der Waals surface area contributed by atoms with Gasteiger partial charge in [-0.15, -0.1) is 0 Å². The Hall–Kier alpha value is -0.610. The molecule has 0 bridgehead atoms. The maximum Gasteiger partial charge on any atom is 0.220 e. The molecule has 4 heteroatoms. The Morgan fingerprint density at radius 2 is 1.94 bits per heavy atom. The summed E-state index contributed by atoms with van der Waals surface area (Å²) in [6.07, 6.45) is 7.74. The van der Waals surface area contributed by atoms with Gasteiger partial charge in [0.15, 0.2) is 0 Å². The summed E-state index contributed by atoms with van der Waals surface area (Å²) in [7, 11) is 0. The number of rotatable bonds is 11. The predicted octanol–water partition coefficient (Wildman–Crippen LogP) is 0.846. The van der Waals surface area contributed by atoms with E-state index < -0.39 is 0 Å². The summed E-state index contributed by atoms with van der Waals surface area (Å²) < 4.78 is 0. The normalized spacial score (nSPS) is 12.4. The lowest BCUT2D eigenvalue weighted by molar-refractivity contribution is -0.368. The minimum atomic E-state index is -0.389. The Morgan fingerprint density at radius 3 is 2.59 bits per heavy atom. The monoisotopic (exact) mass is 245 g/mol. The second kappa shape index (κ2) is 11.9. The molecule has 0 radical (unpaired) electrons. The predicted molar refractivity (Wildman–Crippen MR) is 69.4 cm³/mol. The van der Waals surface area contributed by atoms with E-state index >= 15 is 0 Å². The van der Waals surface area contributed by atoms with Crippen LogP contribution in [0, 0.1) is 0 Å². The van der Waals surface area contributed by atoms with Gasteiger partial charge in [0.1, 0.15) is 0 Å². The molecule has 0 spiro atoms. The van der Waals surface area contributed by atoms with Crippen LogP contribution in [0.3, 0.4) is 0 Å². The molecular weight excluding hydrogens is 216 g/mol. The van der Waals surface area contributed by atoms with Gasteiger partial charge in [0.05, 0.1) is 12.6 Å². The van der Waals surface area contributed by atoms with E-state index in [2.05, 4.69) is 18.0 Å². The standard InChI is InChI=1S/C13H28N2O2/c1-2-3-4-5-6-8-12(16)11-15-13(17)9-7-10-14/h12,16H,2-11,14H2,1H3,(H,15,17)/p+1. The fourth-order valence-electron chi connectivity index (χ4n) is 1.69. The molecule has 0 fully saturated rings. The number of quaternary nitrogens is 1. The highest BCUT2D eigenvalue weighted by molar-refractivity contribution is 5.75. The zero-order valence-corrected chi connectivity index (χ0v) is 11.2. The van der Waals surface area contributed by atoms with E-state index in [1.807, 2.05) is 0 Å². The lowest BCUT2D eigenvalue weighted by Crippen LogP contribution is -2.50. The highest BCUT2D eigenvalue weighted by Gasteiger charge is 2.06. The van der Waals surface area contributed by atoms with Crippen LogP contribution in [0.1, 0.15) is 58.3 Å². The number of aliphatic hydroxyl groups excluding tert-OH is 1. The molecule has 0 heterocycles. The quantitative estimate of drug-likeness (QED) is 0.472. The van der Waals surface area contributed by atoms with Gasteiger partial charge in [-0.05, 0) is 6.42 Å². The molecule has 1 amide bonds. The summed E-state index contributed by atoms with van der Waals surface area (Å²) in [6, 6.07) is 0. The summed E-state index contributed by atoms with van der Waals surface area (Å²) >= 11 is 0. The highest BCUT2D eigenvalue weighted by Crippen LogP contribution is 2.06. The molecule has 0 aliphatic carbocycles. The minimum Gasteiger partial charge on any atom is -0.391 e. The molecule has 102 valence electrons. The Labute approximate surface area is 105 Å². The molecule has 17 heavy (non-hydrogen) atoms. The van der Waals surface area contributed by atoms with E-state index in [1.54, 1.807) is 0 Å². The molecule has 4 nitrogen and oxygen atoms in total. The van der Waals surface area contributed by atoms with Gasteiger partial charge < -0.3 is 16.2 Å². The number of unbranched alkanes of at least 4 members (excludes halogenated alkanes) is 4. The lowest BCUT2D eigenvalue weighted by atomic mass is 10.1. The van der Waals surface area contributed by atoms with E-state index in [1.165, 1.54) is 25.7 Å². The van der Waals surface area contributed by atoms with E-state index in [4.69, 9.17) is 0 Å². The van der Waals surface area contributed by atoms with Crippen molar-refractivity contribution in [2.45, 2.75) is 64.4 Å². The first kappa shape index (κ1) is 16.4. The average Bonchev–Trinajstić information content (AvgIpc) is 2.33. The van der Waals surface area contributed by atoms with Crippen LogP contribution < -0.4 is 11.1 Å². The van der Waals surface area contributed by atoms with Crippen LogP contribution in [-0.2, 0) is 4.79 Å². The molecule has 0 aromatic rings. The summed E-state index contributed by atoms with van der Waals surface area (Å²) in [6.45, 7) is 3.37. The Kier molecular flexibility index (Phi) is 11.4. The maximum atomic E-state index is 11.3. The van der Waals surface area contributed by atoms with Crippen molar-refractivity contribution in [3.05, 3.63) is 0 Å².